The summed E-state index contributed by atoms with van der Waals surface area (Å²) in [5.41, 5.74) is 8.89. The lowest BCUT2D eigenvalue weighted by Crippen LogP contribution is -2.06. The molecule has 10 rings (SSSR count). The molecule has 4 heteroatoms. The Kier molecular flexibility index (Phi) is 4.96. The first kappa shape index (κ1) is 24.3. The molecule has 0 fully saturated rings. The zero-order chi connectivity index (χ0) is 29.5. The first-order valence-electron chi connectivity index (χ1n) is 15.3. The summed E-state index contributed by atoms with van der Waals surface area (Å²) in [7, 11) is 0. The zero-order valence-electron chi connectivity index (χ0n) is 24.3. The number of fused-ring (bicyclic) bond motifs is 11. The van der Waals surface area contributed by atoms with E-state index in [1.54, 1.807) is 0 Å². The van der Waals surface area contributed by atoms with Crippen molar-refractivity contribution in [3.63, 3.8) is 0 Å². The van der Waals surface area contributed by atoms with Gasteiger partial charge in [0.1, 0.15) is 0 Å². The molecule has 0 N–H and O–H groups in total. The Labute approximate surface area is 258 Å². The quantitative estimate of drug-likeness (QED) is 0.206. The van der Waals surface area contributed by atoms with E-state index in [0.717, 1.165) is 39.4 Å². The average molecular weight is 575 g/mol. The van der Waals surface area contributed by atoms with Crippen molar-refractivity contribution in [2.24, 2.45) is 0 Å². The predicted molar refractivity (Wildman–Crippen MR) is 187 cm³/mol. The summed E-state index contributed by atoms with van der Waals surface area (Å²) in [6.45, 7) is 0. The fourth-order valence-electron chi connectivity index (χ4n) is 7.44. The number of hydrogen-bond acceptors (Lipinski definition) is 1. The molecular weight excluding hydrogens is 548 g/mol. The summed E-state index contributed by atoms with van der Waals surface area (Å²) in [6, 6.07) is 56.3. The molecule has 0 amide bonds. The van der Waals surface area contributed by atoms with Gasteiger partial charge in [-0.1, -0.05) is 109 Å². The van der Waals surface area contributed by atoms with Gasteiger partial charge >= 0.3 is 0 Å². The van der Waals surface area contributed by atoms with E-state index in [2.05, 4.69) is 171 Å². The molecule has 0 aliphatic carbocycles. The number of nitrogens with zero attached hydrogens (tertiary/aromatic N) is 4. The Hall–Kier alpha value is -6.13. The Bertz CT molecular complexity index is 2750. The minimum atomic E-state index is 0.870. The number of para-hydroxylation sites is 6. The topological polar surface area (TPSA) is 27.7 Å². The van der Waals surface area contributed by atoms with E-state index >= 15 is 0 Å². The van der Waals surface area contributed by atoms with Crippen molar-refractivity contribution in [3.8, 4) is 17.3 Å². The third-order valence-corrected chi connectivity index (χ3v) is 9.21. The lowest BCUT2D eigenvalue weighted by atomic mass is 9.98. The normalized spacial score (nSPS) is 12.0. The summed E-state index contributed by atoms with van der Waals surface area (Å²) in [5, 5.41) is 7.44. The summed E-state index contributed by atoms with van der Waals surface area (Å²) in [4.78, 5) is 5.39. The summed E-state index contributed by atoms with van der Waals surface area (Å²) in [5.74, 6) is 0.870. The molecule has 0 unspecified atom stereocenters. The maximum atomic E-state index is 5.39. The van der Waals surface area contributed by atoms with Crippen LogP contribution in [0.3, 0.4) is 0 Å². The average Bonchev–Trinajstić information content (AvgIpc) is 3.77. The molecule has 4 nitrogen and oxygen atoms in total. The molecule has 7 aromatic carbocycles. The highest BCUT2D eigenvalue weighted by molar-refractivity contribution is 6.36. The predicted octanol–water partition coefficient (Wildman–Crippen LogP) is 10.4. The lowest BCUT2D eigenvalue weighted by molar-refractivity contribution is 0.956. The Morgan fingerprint density at radius 1 is 0.333 bits per heavy atom. The fraction of sp³-hybridized carbons (Fsp3) is 0. The van der Waals surface area contributed by atoms with Crippen LogP contribution in [0.4, 0.5) is 0 Å². The second-order valence-electron chi connectivity index (χ2n) is 11.6. The Balaban J connectivity index is 1.54. The van der Waals surface area contributed by atoms with Gasteiger partial charge in [-0.25, -0.2) is 4.98 Å². The van der Waals surface area contributed by atoms with E-state index in [4.69, 9.17) is 4.98 Å². The number of hydrogen-bond donors (Lipinski definition) is 0. The van der Waals surface area contributed by atoms with Crippen LogP contribution in [-0.2, 0) is 0 Å². The largest absolute Gasteiger partial charge is 0.307 e. The standard InChI is InChI=1S/C41H26N4/c1-3-15-27(16-4-1)43-34-24-12-9-21-31(34)37-29-19-7-8-20-30(29)38-32-22-10-13-25-35(32)45(40(38)39(37)43)41-42-33-23-11-14-26-36(33)44(41)28-17-5-2-6-18-28/h1-26H. The van der Waals surface area contributed by atoms with Crippen LogP contribution in [0.1, 0.15) is 0 Å². The molecular formula is C41H26N4. The van der Waals surface area contributed by atoms with Crippen molar-refractivity contribution < 1.29 is 0 Å². The van der Waals surface area contributed by atoms with Crippen molar-refractivity contribution in [1.82, 2.24) is 18.7 Å². The highest BCUT2D eigenvalue weighted by atomic mass is 15.3. The van der Waals surface area contributed by atoms with Gasteiger partial charge in [0, 0.05) is 32.9 Å². The SMILES string of the molecule is c1ccc(-n2c(-n3c4ccccc4c4c5ccccc5c5c6ccccc6n(-c6ccccc6)c5c43)nc3ccccc32)cc1. The molecule has 0 bridgehead atoms. The molecule has 0 radical (unpaired) electrons. The molecule has 3 aromatic heterocycles. The Morgan fingerprint density at radius 2 is 0.756 bits per heavy atom. The van der Waals surface area contributed by atoms with Gasteiger partial charge in [-0.05, 0) is 59.3 Å². The molecule has 3 heterocycles. The Morgan fingerprint density at radius 3 is 1.36 bits per heavy atom. The van der Waals surface area contributed by atoms with E-state index in [-0.39, 0.29) is 0 Å². The van der Waals surface area contributed by atoms with Gasteiger partial charge in [0.25, 0.3) is 0 Å². The van der Waals surface area contributed by atoms with Crippen LogP contribution in [0.15, 0.2) is 158 Å². The first-order valence-corrected chi connectivity index (χ1v) is 15.3. The van der Waals surface area contributed by atoms with Crippen LogP contribution in [0.25, 0.3) is 82.7 Å². The zero-order valence-corrected chi connectivity index (χ0v) is 24.3. The molecule has 0 aliphatic rings. The van der Waals surface area contributed by atoms with Crippen LogP contribution < -0.4 is 0 Å². The minimum absolute atomic E-state index is 0.870. The van der Waals surface area contributed by atoms with E-state index in [1.807, 2.05) is 0 Å². The minimum Gasteiger partial charge on any atom is -0.307 e. The van der Waals surface area contributed by atoms with Gasteiger partial charge in [-0.2, -0.15) is 0 Å². The molecule has 0 saturated carbocycles. The van der Waals surface area contributed by atoms with Crippen molar-refractivity contribution >= 4 is 65.4 Å². The number of aromatic nitrogens is 4. The fourth-order valence-corrected chi connectivity index (χ4v) is 7.44. The van der Waals surface area contributed by atoms with Crippen LogP contribution in [0.5, 0.6) is 0 Å². The molecule has 0 atom stereocenters. The van der Waals surface area contributed by atoms with E-state index in [0.29, 0.717) is 0 Å². The monoisotopic (exact) mass is 574 g/mol. The van der Waals surface area contributed by atoms with Gasteiger partial charge < -0.3 is 4.57 Å². The molecule has 210 valence electrons. The van der Waals surface area contributed by atoms with Crippen LogP contribution in [-0.4, -0.2) is 18.7 Å². The molecule has 0 saturated heterocycles. The van der Waals surface area contributed by atoms with Gasteiger partial charge in [-0.3, -0.25) is 9.13 Å². The maximum Gasteiger partial charge on any atom is 0.220 e. The molecule has 10 aromatic rings. The molecule has 0 aliphatic heterocycles. The van der Waals surface area contributed by atoms with Crippen LogP contribution >= 0.6 is 0 Å². The highest BCUT2D eigenvalue weighted by Crippen LogP contribution is 2.46. The summed E-state index contributed by atoms with van der Waals surface area (Å²) >= 11 is 0. The number of rotatable bonds is 3. The van der Waals surface area contributed by atoms with Crippen LogP contribution in [0, 0.1) is 0 Å². The summed E-state index contributed by atoms with van der Waals surface area (Å²) in [6.07, 6.45) is 0. The lowest BCUT2D eigenvalue weighted by Gasteiger charge is -2.15. The van der Waals surface area contributed by atoms with Gasteiger partial charge in [0.05, 0.1) is 33.1 Å². The second kappa shape index (κ2) is 9.18. The highest BCUT2D eigenvalue weighted by Gasteiger charge is 2.26. The van der Waals surface area contributed by atoms with Gasteiger partial charge in [0.15, 0.2) is 0 Å². The summed E-state index contributed by atoms with van der Waals surface area (Å²) < 4.78 is 7.16. The smallest absolute Gasteiger partial charge is 0.220 e. The third kappa shape index (κ3) is 3.28. The number of benzene rings is 7. The van der Waals surface area contributed by atoms with E-state index < -0.39 is 0 Å². The molecule has 45 heavy (non-hydrogen) atoms. The van der Waals surface area contributed by atoms with Gasteiger partial charge in [-0.15, -0.1) is 0 Å². The van der Waals surface area contributed by atoms with Gasteiger partial charge in [0.2, 0.25) is 5.95 Å². The third-order valence-electron chi connectivity index (χ3n) is 9.21. The first-order chi connectivity index (χ1) is 22.4. The van der Waals surface area contributed by atoms with Crippen molar-refractivity contribution in [2.75, 3.05) is 0 Å². The maximum absolute atomic E-state index is 5.39. The van der Waals surface area contributed by atoms with Crippen molar-refractivity contribution in [1.29, 1.82) is 0 Å². The van der Waals surface area contributed by atoms with Crippen molar-refractivity contribution in [2.45, 2.75) is 0 Å². The molecule has 0 spiro atoms. The van der Waals surface area contributed by atoms with E-state index in [9.17, 15) is 0 Å². The van der Waals surface area contributed by atoms with E-state index in [1.165, 1.54) is 43.4 Å². The van der Waals surface area contributed by atoms with Crippen molar-refractivity contribution in [3.05, 3.63) is 158 Å². The number of imidazole rings is 1. The second-order valence-corrected chi connectivity index (χ2v) is 11.6. The van der Waals surface area contributed by atoms with Crippen LogP contribution in [0.2, 0.25) is 0 Å².